The predicted molar refractivity (Wildman–Crippen MR) is 97.1 cm³/mol. The van der Waals surface area contributed by atoms with Crippen LogP contribution in [0, 0.1) is 12.7 Å². The summed E-state index contributed by atoms with van der Waals surface area (Å²) in [6.07, 6.45) is 2.52. The first-order valence-corrected chi connectivity index (χ1v) is 8.04. The maximum Gasteiger partial charge on any atom is 0.275 e. The number of halogens is 1. The molecule has 0 amide bonds. The summed E-state index contributed by atoms with van der Waals surface area (Å²) in [6, 6.07) is 7.74. The van der Waals surface area contributed by atoms with Crippen LogP contribution in [-0.4, -0.2) is 14.3 Å². The lowest BCUT2D eigenvalue weighted by Gasteiger charge is -2.11. The van der Waals surface area contributed by atoms with Crippen molar-refractivity contribution >= 4 is 11.5 Å². The molecule has 0 aliphatic heterocycles. The van der Waals surface area contributed by atoms with Crippen LogP contribution in [0.25, 0.3) is 16.8 Å². The number of hydrogen-bond donors (Lipinski definition) is 2. The lowest BCUT2D eigenvalue weighted by atomic mass is 10.1. The van der Waals surface area contributed by atoms with E-state index in [1.54, 1.807) is 35.9 Å². The molecule has 25 heavy (non-hydrogen) atoms. The first kappa shape index (κ1) is 16.8. The van der Waals surface area contributed by atoms with Gasteiger partial charge in [0, 0.05) is 18.3 Å². The van der Waals surface area contributed by atoms with Gasteiger partial charge < -0.3 is 16.0 Å². The fourth-order valence-corrected chi connectivity index (χ4v) is 2.89. The molecule has 0 bridgehead atoms. The molecule has 130 valence electrons. The van der Waals surface area contributed by atoms with Crippen molar-refractivity contribution in [2.75, 3.05) is 11.5 Å². The lowest BCUT2D eigenvalue weighted by Crippen LogP contribution is -2.24. The van der Waals surface area contributed by atoms with Crippen molar-refractivity contribution in [3.63, 3.8) is 0 Å². The molecule has 3 aromatic rings. The lowest BCUT2D eigenvalue weighted by molar-refractivity contribution is 0.628. The number of aryl methyl sites for hydroxylation is 2. The molecular weight excluding hydrogens is 321 g/mol. The highest BCUT2D eigenvalue weighted by molar-refractivity contribution is 5.78. The molecule has 0 unspecified atom stereocenters. The minimum absolute atomic E-state index is 0.0933. The minimum atomic E-state index is -0.323. The van der Waals surface area contributed by atoms with Crippen LogP contribution in [0.5, 0.6) is 0 Å². The van der Waals surface area contributed by atoms with Gasteiger partial charge in [-0.3, -0.25) is 4.79 Å². The van der Waals surface area contributed by atoms with E-state index in [1.165, 1.54) is 16.8 Å². The summed E-state index contributed by atoms with van der Waals surface area (Å²) in [5.74, 6) is 0.0274. The van der Waals surface area contributed by atoms with Crippen molar-refractivity contribution in [1.82, 2.24) is 14.3 Å². The predicted octanol–water partition coefficient (Wildman–Crippen LogP) is 2.72. The molecule has 0 radical (unpaired) electrons. The average molecular weight is 341 g/mol. The zero-order valence-corrected chi connectivity index (χ0v) is 14.2. The molecule has 0 saturated heterocycles. The Bertz CT molecular complexity index is 972. The molecule has 0 aliphatic rings. The number of anilines is 2. The summed E-state index contributed by atoms with van der Waals surface area (Å²) in [6.45, 7) is 4.39. The Morgan fingerprint density at radius 2 is 1.84 bits per heavy atom. The van der Waals surface area contributed by atoms with E-state index in [2.05, 4.69) is 5.10 Å². The highest BCUT2D eigenvalue weighted by Gasteiger charge is 2.18. The summed E-state index contributed by atoms with van der Waals surface area (Å²) in [5, 5.41) is 4.43. The van der Waals surface area contributed by atoms with Gasteiger partial charge in [-0.2, -0.15) is 5.10 Å². The van der Waals surface area contributed by atoms with Crippen LogP contribution in [0.15, 0.2) is 41.3 Å². The molecule has 2 heterocycles. The third kappa shape index (κ3) is 2.88. The highest BCUT2D eigenvalue weighted by Crippen LogP contribution is 2.32. The van der Waals surface area contributed by atoms with Gasteiger partial charge in [0.1, 0.15) is 17.3 Å². The molecule has 1 aromatic carbocycles. The Kier molecular flexibility index (Phi) is 4.31. The van der Waals surface area contributed by atoms with Crippen molar-refractivity contribution in [2.24, 2.45) is 0 Å². The van der Waals surface area contributed by atoms with Crippen molar-refractivity contribution in [3.8, 4) is 16.8 Å². The minimum Gasteiger partial charge on any atom is -0.392 e. The Labute approximate surface area is 144 Å². The number of aromatic nitrogens is 3. The molecule has 6 nitrogen and oxygen atoms in total. The third-order valence-electron chi connectivity index (χ3n) is 4.10. The quantitative estimate of drug-likeness (QED) is 0.763. The Hall–Kier alpha value is -3.09. The van der Waals surface area contributed by atoms with Gasteiger partial charge in [0.2, 0.25) is 0 Å². The number of hydrogen-bond acceptors (Lipinski definition) is 4. The monoisotopic (exact) mass is 341 g/mol. The summed E-state index contributed by atoms with van der Waals surface area (Å²) in [4.78, 5) is 12.4. The van der Waals surface area contributed by atoms with E-state index in [4.69, 9.17) is 11.5 Å². The number of nitrogens with zero attached hydrogens (tertiary/aromatic N) is 3. The van der Waals surface area contributed by atoms with Gasteiger partial charge in [0.25, 0.3) is 5.56 Å². The van der Waals surface area contributed by atoms with Gasteiger partial charge in [-0.25, -0.2) is 9.07 Å². The molecule has 4 N–H and O–H groups in total. The second-order valence-electron chi connectivity index (χ2n) is 5.88. The van der Waals surface area contributed by atoms with Crippen molar-refractivity contribution in [2.45, 2.75) is 26.8 Å². The Morgan fingerprint density at radius 3 is 2.48 bits per heavy atom. The third-order valence-corrected chi connectivity index (χ3v) is 4.10. The van der Waals surface area contributed by atoms with Crippen LogP contribution in [0.2, 0.25) is 0 Å². The SMILES string of the molecule is CCCn1ccc(-n2nc(C)c(-c3ccc(F)cc3)c2N)c(N)c1=O. The van der Waals surface area contributed by atoms with Gasteiger partial charge in [0.15, 0.2) is 0 Å². The number of nitrogens with two attached hydrogens (primary N) is 2. The van der Waals surface area contributed by atoms with Crippen molar-refractivity contribution in [1.29, 1.82) is 0 Å². The number of benzene rings is 1. The largest absolute Gasteiger partial charge is 0.392 e. The smallest absolute Gasteiger partial charge is 0.275 e. The molecule has 3 rings (SSSR count). The second kappa shape index (κ2) is 6.43. The summed E-state index contributed by atoms with van der Waals surface area (Å²) >= 11 is 0. The maximum atomic E-state index is 13.2. The van der Waals surface area contributed by atoms with Crippen LogP contribution in [-0.2, 0) is 6.54 Å². The average Bonchev–Trinajstić information content (AvgIpc) is 2.88. The van der Waals surface area contributed by atoms with Crippen LogP contribution in [0.4, 0.5) is 15.9 Å². The highest BCUT2D eigenvalue weighted by atomic mass is 19.1. The maximum absolute atomic E-state index is 13.2. The van der Waals surface area contributed by atoms with E-state index in [9.17, 15) is 9.18 Å². The molecule has 2 aromatic heterocycles. The molecule has 0 spiro atoms. The topological polar surface area (TPSA) is 91.9 Å². The summed E-state index contributed by atoms with van der Waals surface area (Å²) in [5.41, 5.74) is 14.7. The van der Waals surface area contributed by atoms with Gasteiger partial charge in [0.05, 0.1) is 11.4 Å². The van der Waals surface area contributed by atoms with Crippen LogP contribution in [0.3, 0.4) is 0 Å². The van der Waals surface area contributed by atoms with E-state index in [-0.39, 0.29) is 17.1 Å². The van der Waals surface area contributed by atoms with Crippen molar-refractivity contribution < 1.29 is 4.39 Å². The van der Waals surface area contributed by atoms with Gasteiger partial charge >= 0.3 is 0 Å². The summed E-state index contributed by atoms with van der Waals surface area (Å²) in [7, 11) is 0. The fraction of sp³-hybridized carbons (Fsp3) is 0.222. The van der Waals surface area contributed by atoms with Crippen LogP contribution >= 0.6 is 0 Å². The van der Waals surface area contributed by atoms with E-state index in [0.29, 0.717) is 29.3 Å². The van der Waals surface area contributed by atoms with Gasteiger partial charge in [-0.1, -0.05) is 19.1 Å². The number of rotatable bonds is 4. The zero-order chi connectivity index (χ0) is 18.1. The van der Waals surface area contributed by atoms with E-state index in [0.717, 1.165) is 12.0 Å². The fourth-order valence-electron chi connectivity index (χ4n) is 2.89. The second-order valence-corrected chi connectivity index (χ2v) is 5.88. The first-order valence-electron chi connectivity index (χ1n) is 8.04. The molecule has 0 saturated carbocycles. The standard InChI is InChI=1S/C18H20FN5O/c1-3-9-23-10-8-14(16(20)18(23)25)24-17(21)15(11(2)22-24)12-4-6-13(19)7-5-12/h4-8,10H,3,9,20-21H2,1-2H3. The zero-order valence-electron chi connectivity index (χ0n) is 14.2. The molecule has 7 heteroatoms. The number of nitrogen functional groups attached to an aromatic ring is 2. The molecule has 0 atom stereocenters. The van der Waals surface area contributed by atoms with Crippen LogP contribution < -0.4 is 17.0 Å². The molecule has 0 fully saturated rings. The van der Waals surface area contributed by atoms with Gasteiger partial charge in [-0.05, 0) is 37.1 Å². The molecular formula is C18H20FN5O. The molecule has 0 aliphatic carbocycles. The van der Waals surface area contributed by atoms with Crippen molar-refractivity contribution in [3.05, 3.63) is 58.4 Å². The summed E-state index contributed by atoms with van der Waals surface area (Å²) < 4.78 is 16.2. The number of pyridine rings is 1. The first-order chi connectivity index (χ1) is 11.9. The van der Waals surface area contributed by atoms with Gasteiger partial charge in [-0.15, -0.1) is 0 Å². The van der Waals surface area contributed by atoms with Crippen LogP contribution in [0.1, 0.15) is 19.0 Å². The normalized spacial score (nSPS) is 11.0. The van der Waals surface area contributed by atoms with E-state index in [1.807, 2.05) is 6.92 Å². The Morgan fingerprint density at radius 1 is 1.16 bits per heavy atom. The van der Waals surface area contributed by atoms with E-state index < -0.39 is 0 Å². The Balaban J connectivity index is 2.14. The van der Waals surface area contributed by atoms with E-state index >= 15 is 0 Å².